The Kier molecular flexibility index (Phi) is 4.92. The van der Waals surface area contributed by atoms with Crippen LogP contribution in [0, 0.1) is 6.92 Å². The van der Waals surface area contributed by atoms with E-state index in [1.54, 1.807) is 18.2 Å². The number of hydrogen-bond acceptors (Lipinski definition) is 2. The van der Waals surface area contributed by atoms with Crippen molar-refractivity contribution in [1.82, 2.24) is 0 Å². The fourth-order valence-corrected chi connectivity index (χ4v) is 2.32. The van der Waals surface area contributed by atoms with E-state index in [1.165, 1.54) is 5.56 Å². The molecule has 0 spiro atoms. The van der Waals surface area contributed by atoms with Crippen LogP contribution in [0.4, 0.5) is 0 Å². The first kappa shape index (κ1) is 15.2. The molecule has 0 aliphatic carbocycles. The third-order valence-electron chi connectivity index (χ3n) is 2.91. The Morgan fingerprint density at radius 1 is 1.10 bits per heavy atom. The number of hydrogen-bond donors (Lipinski definition) is 1. The summed E-state index contributed by atoms with van der Waals surface area (Å²) in [6, 6.07) is 11.3. The molecular formula is C16H17Cl2NO. The van der Waals surface area contributed by atoms with E-state index in [2.05, 4.69) is 6.07 Å². The Balaban J connectivity index is 2.23. The number of ether oxygens (including phenoxy) is 1. The van der Waals surface area contributed by atoms with E-state index in [9.17, 15) is 0 Å². The molecule has 2 rings (SSSR count). The van der Waals surface area contributed by atoms with Crippen molar-refractivity contribution in [2.24, 2.45) is 5.73 Å². The smallest absolute Gasteiger partial charge is 0.147 e. The van der Waals surface area contributed by atoms with E-state index in [1.807, 2.05) is 26.0 Å². The molecule has 2 aromatic carbocycles. The fourth-order valence-electron chi connectivity index (χ4n) is 2.00. The lowest BCUT2D eigenvalue weighted by atomic mass is 10.0. The maximum absolute atomic E-state index is 6.10. The molecule has 0 aromatic heterocycles. The van der Waals surface area contributed by atoms with Crippen LogP contribution < -0.4 is 10.5 Å². The van der Waals surface area contributed by atoms with Crippen molar-refractivity contribution in [3.05, 3.63) is 57.6 Å². The Morgan fingerprint density at radius 3 is 2.50 bits per heavy atom. The lowest BCUT2D eigenvalue weighted by molar-refractivity contribution is 0.479. The first-order valence-electron chi connectivity index (χ1n) is 6.43. The average molecular weight is 310 g/mol. The number of nitrogens with two attached hydrogens (primary N) is 1. The Bertz CT molecular complexity index is 611. The van der Waals surface area contributed by atoms with E-state index in [0.29, 0.717) is 15.8 Å². The second-order valence-corrected chi connectivity index (χ2v) is 5.80. The molecular weight excluding hydrogens is 293 g/mol. The third kappa shape index (κ3) is 3.89. The van der Waals surface area contributed by atoms with Crippen LogP contribution in [0.3, 0.4) is 0 Å². The van der Waals surface area contributed by atoms with Gasteiger partial charge >= 0.3 is 0 Å². The van der Waals surface area contributed by atoms with Crippen molar-refractivity contribution in [3.8, 4) is 11.5 Å². The lowest BCUT2D eigenvalue weighted by Gasteiger charge is -2.12. The molecule has 0 radical (unpaired) electrons. The second kappa shape index (κ2) is 6.49. The Hall–Kier alpha value is -1.22. The normalized spacial score (nSPS) is 12.2. The molecule has 0 aliphatic rings. The second-order valence-electron chi connectivity index (χ2n) is 4.96. The minimum Gasteiger partial charge on any atom is -0.455 e. The largest absolute Gasteiger partial charge is 0.455 e. The highest BCUT2D eigenvalue weighted by atomic mass is 35.5. The van der Waals surface area contributed by atoms with Gasteiger partial charge in [-0.3, -0.25) is 0 Å². The van der Waals surface area contributed by atoms with Gasteiger partial charge in [-0.25, -0.2) is 0 Å². The predicted molar refractivity (Wildman–Crippen MR) is 85.1 cm³/mol. The van der Waals surface area contributed by atoms with Crippen molar-refractivity contribution < 1.29 is 4.74 Å². The molecule has 0 amide bonds. The van der Waals surface area contributed by atoms with Gasteiger partial charge in [0, 0.05) is 17.1 Å². The first-order valence-corrected chi connectivity index (χ1v) is 7.19. The SMILES string of the molecule is Cc1cc(CC(C)N)ccc1Oc1cc(Cl)ccc1Cl. The zero-order chi connectivity index (χ0) is 14.7. The summed E-state index contributed by atoms with van der Waals surface area (Å²) in [6.45, 7) is 3.99. The minimum atomic E-state index is 0.142. The highest BCUT2D eigenvalue weighted by Crippen LogP contribution is 2.33. The number of rotatable bonds is 4. The van der Waals surface area contributed by atoms with Gasteiger partial charge in [0.15, 0.2) is 0 Å². The van der Waals surface area contributed by atoms with Crippen molar-refractivity contribution in [2.45, 2.75) is 26.3 Å². The summed E-state index contributed by atoms with van der Waals surface area (Å²) in [5.41, 5.74) is 8.05. The van der Waals surface area contributed by atoms with Crippen molar-refractivity contribution in [2.75, 3.05) is 0 Å². The maximum atomic E-state index is 6.10. The van der Waals surface area contributed by atoms with Crippen molar-refractivity contribution in [1.29, 1.82) is 0 Å². The average Bonchev–Trinajstić information content (AvgIpc) is 2.36. The molecule has 0 saturated heterocycles. The van der Waals surface area contributed by atoms with Crippen molar-refractivity contribution >= 4 is 23.2 Å². The molecule has 2 N–H and O–H groups in total. The van der Waals surface area contributed by atoms with Gasteiger partial charge in [-0.15, -0.1) is 0 Å². The molecule has 2 nitrogen and oxygen atoms in total. The number of aryl methyl sites for hydroxylation is 1. The summed E-state index contributed by atoms with van der Waals surface area (Å²) in [5, 5.41) is 1.13. The van der Waals surface area contributed by atoms with Gasteiger partial charge in [0.05, 0.1) is 5.02 Å². The summed E-state index contributed by atoms with van der Waals surface area (Å²) in [5.74, 6) is 1.32. The molecule has 1 unspecified atom stereocenters. The van der Waals surface area contributed by atoms with E-state index in [4.69, 9.17) is 33.7 Å². The fraction of sp³-hybridized carbons (Fsp3) is 0.250. The predicted octanol–water partition coefficient (Wildman–Crippen LogP) is 4.98. The quantitative estimate of drug-likeness (QED) is 0.864. The lowest BCUT2D eigenvalue weighted by Crippen LogP contribution is -2.17. The standard InChI is InChI=1S/C16H17Cl2NO/c1-10-7-12(8-11(2)19)3-6-15(10)20-16-9-13(17)4-5-14(16)18/h3-7,9,11H,8,19H2,1-2H3. The highest BCUT2D eigenvalue weighted by molar-refractivity contribution is 6.34. The van der Waals surface area contributed by atoms with Gasteiger partial charge < -0.3 is 10.5 Å². The summed E-state index contributed by atoms with van der Waals surface area (Å²) in [4.78, 5) is 0. The highest BCUT2D eigenvalue weighted by Gasteiger charge is 2.08. The summed E-state index contributed by atoms with van der Waals surface area (Å²) in [7, 11) is 0. The zero-order valence-electron chi connectivity index (χ0n) is 11.5. The van der Waals surface area contributed by atoms with Gasteiger partial charge in [-0.05, 0) is 49.6 Å². The number of halogens is 2. The molecule has 1 atom stereocenters. The van der Waals surface area contributed by atoms with Gasteiger partial charge in [-0.2, -0.15) is 0 Å². The summed E-state index contributed by atoms with van der Waals surface area (Å²) < 4.78 is 5.83. The van der Waals surface area contributed by atoms with Crippen molar-refractivity contribution in [3.63, 3.8) is 0 Å². The maximum Gasteiger partial charge on any atom is 0.147 e. The van der Waals surface area contributed by atoms with Gasteiger partial charge in [-0.1, -0.05) is 35.3 Å². The Labute approximate surface area is 129 Å². The van der Waals surface area contributed by atoms with Crippen LogP contribution >= 0.6 is 23.2 Å². The van der Waals surface area contributed by atoms with E-state index < -0.39 is 0 Å². The third-order valence-corrected chi connectivity index (χ3v) is 3.46. The monoisotopic (exact) mass is 309 g/mol. The molecule has 2 aromatic rings. The van der Waals surface area contributed by atoms with Crippen LogP contribution in [0.1, 0.15) is 18.1 Å². The Morgan fingerprint density at radius 2 is 1.85 bits per heavy atom. The molecule has 20 heavy (non-hydrogen) atoms. The van der Waals surface area contributed by atoms with Crippen LogP contribution in [-0.4, -0.2) is 6.04 Å². The van der Waals surface area contributed by atoms with E-state index in [-0.39, 0.29) is 6.04 Å². The molecule has 0 saturated carbocycles. The van der Waals surface area contributed by atoms with E-state index >= 15 is 0 Å². The van der Waals surface area contributed by atoms with Crippen LogP contribution in [-0.2, 0) is 6.42 Å². The molecule has 0 heterocycles. The first-order chi connectivity index (χ1) is 9.45. The van der Waals surface area contributed by atoms with Crippen LogP contribution in [0.25, 0.3) is 0 Å². The van der Waals surface area contributed by atoms with Gasteiger partial charge in [0.25, 0.3) is 0 Å². The van der Waals surface area contributed by atoms with E-state index in [0.717, 1.165) is 17.7 Å². The molecule has 0 aliphatic heterocycles. The topological polar surface area (TPSA) is 35.2 Å². The van der Waals surface area contributed by atoms with Gasteiger partial charge in [0.2, 0.25) is 0 Å². The number of benzene rings is 2. The molecule has 0 fully saturated rings. The zero-order valence-corrected chi connectivity index (χ0v) is 13.0. The molecule has 106 valence electrons. The van der Waals surface area contributed by atoms with Crippen LogP contribution in [0.2, 0.25) is 10.0 Å². The summed E-state index contributed by atoms with van der Waals surface area (Å²) in [6.07, 6.45) is 0.846. The van der Waals surface area contributed by atoms with Crippen LogP contribution in [0.15, 0.2) is 36.4 Å². The molecule has 0 bridgehead atoms. The van der Waals surface area contributed by atoms with Gasteiger partial charge in [0.1, 0.15) is 11.5 Å². The minimum absolute atomic E-state index is 0.142. The van der Waals surface area contributed by atoms with Crippen LogP contribution in [0.5, 0.6) is 11.5 Å². The summed E-state index contributed by atoms with van der Waals surface area (Å²) >= 11 is 12.1. The molecule has 4 heteroatoms.